The lowest BCUT2D eigenvalue weighted by molar-refractivity contribution is 1.36. The van der Waals surface area contributed by atoms with Crippen molar-refractivity contribution in [1.29, 1.82) is 0 Å². The largest absolute Gasteiger partial charge is 0.247 e. The van der Waals surface area contributed by atoms with Gasteiger partial charge in [0.05, 0.1) is 11.2 Å². The van der Waals surface area contributed by atoms with Gasteiger partial charge in [0, 0.05) is 20.1 Å². The van der Waals surface area contributed by atoms with Crippen LogP contribution in [0.15, 0.2) is 78.9 Å². The molecule has 1 aromatic heterocycles. The summed E-state index contributed by atoms with van der Waals surface area (Å²) >= 11 is 2.45. The van der Waals surface area contributed by atoms with E-state index in [1.54, 1.807) is 0 Å². The molecule has 0 fully saturated rings. The molecule has 0 aliphatic carbocycles. The molecule has 0 aliphatic rings. The second-order valence-electron chi connectivity index (χ2n) is 5.90. The normalized spacial score (nSPS) is 10.9. The monoisotopic (exact) mass is 421 g/mol. The number of nitrogens with zero attached hydrogens (tertiary/aromatic N) is 1. The van der Waals surface area contributed by atoms with Gasteiger partial charge < -0.3 is 0 Å². The number of hydrogen-bond donors (Lipinski definition) is 0. The molecule has 0 radical (unpaired) electrons. The Morgan fingerprint density at radius 2 is 1.38 bits per heavy atom. The maximum atomic E-state index is 4.96. The van der Waals surface area contributed by atoms with Crippen LogP contribution in [0.4, 0.5) is 0 Å². The third-order valence-corrected chi connectivity index (χ3v) is 5.24. The summed E-state index contributed by atoms with van der Waals surface area (Å²) in [6.07, 6.45) is 0. The second-order valence-corrected chi connectivity index (χ2v) is 6.98. The lowest BCUT2D eigenvalue weighted by atomic mass is 9.97. The van der Waals surface area contributed by atoms with Crippen molar-refractivity contribution in [3.05, 3.63) is 88.0 Å². The minimum atomic E-state index is 1.04. The van der Waals surface area contributed by atoms with Crippen LogP contribution in [0.5, 0.6) is 0 Å². The van der Waals surface area contributed by atoms with Crippen molar-refractivity contribution >= 4 is 33.5 Å². The molecule has 0 unspecified atom stereocenters. The molecule has 0 saturated carbocycles. The third-order valence-electron chi connectivity index (χ3n) is 4.19. The van der Waals surface area contributed by atoms with Crippen molar-refractivity contribution in [3.8, 4) is 22.4 Å². The lowest BCUT2D eigenvalue weighted by Crippen LogP contribution is -1.95. The highest BCUT2D eigenvalue weighted by molar-refractivity contribution is 14.1. The third kappa shape index (κ3) is 2.71. The van der Waals surface area contributed by atoms with Gasteiger partial charge in [-0.15, -0.1) is 0 Å². The molecule has 0 atom stereocenters. The SMILES string of the molecule is Cc1ccc2nc(-c3ccccc3)c(I)c(-c3ccccc3)c2c1. The van der Waals surface area contributed by atoms with E-state index in [2.05, 4.69) is 102 Å². The van der Waals surface area contributed by atoms with Crippen molar-refractivity contribution in [2.75, 3.05) is 0 Å². The maximum absolute atomic E-state index is 4.96. The van der Waals surface area contributed by atoms with E-state index >= 15 is 0 Å². The quantitative estimate of drug-likeness (QED) is 0.338. The average molecular weight is 421 g/mol. The van der Waals surface area contributed by atoms with Crippen LogP contribution >= 0.6 is 22.6 Å². The molecule has 3 aromatic carbocycles. The Bertz CT molecular complexity index is 1010. The second kappa shape index (κ2) is 6.36. The van der Waals surface area contributed by atoms with Crippen LogP contribution in [-0.2, 0) is 0 Å². The highest BCUT2D eigenvalue weighted by Gasteiger charge is 2.15. The minimum absolute atomic E-state index is 1.04. The lowest BCUT2D eigenvalue weighted by Gasteiger charge is -2.14. The highest BCUT2D eigenvalue weighted by Crippen LogP contribution is 2.37. The van der Waals surface area contributed by atoms with Crippen molar-refractivity contribution in [3.63, 3.8) is 0 Å². The summed E-state index contributed by atoms with van der Waals surface area (Å²) in [5.41, 5.74) is 7.00. The number of aromatic nitrogens is 1. The summed E-state index contributed by atoms with van der Waals surface area (Å²) in [6.45, 7) is 2.13. The molecule has 4 rings (SSSR count). The molecule has 0 amide bonds. The van der Waals surface area contributed by atoms with Crippen LogP contribution in [0.25, 0.3) is 33.3 Å². The smallest absolute Gasteiger partial charge is 0.0849 e. The average Bonchev–Trinajstić information content (AvgIpc) is 2.63. The van der Waals surface area contributed by atoms with Gasteiger partial charge >= 0.3 is 0 Å². The highest BCUT2D eigenvalue weighted by atomic mass is 127. The number of benzene rings is 3. The zero-order valence-corrected chi connectivity index (χ0v) is 15.5. The molecular weight excluding hydrogens is 405 g/mol. The molecule has 0 N–H and O–H groups in total. The van der Waals surface area contributed by atoms with E-state index in [-0.39, 0.29) is 0 Å². The molecule has 116 valence electrons. The zero-order chi connectivity index (χ0) is 16.5. The molecule has 0 spiro atoms. The van der Waals surface area contributed by atoms with Crippen LogP contribution in [0.3, 0.4) is 0 Å². The number of pyridine rings is 1. The van der Waals surface area contributed by atoms with Gasteiger partial charge in [-0.3, -0.25) is 0 Å². The van der Waals surface area contributed by atoms with Crippen LogP contribution < -0.4 is 0 Å². The van der Waals surface area contributed by atoms with E-state index in [1.807, 2.05) is 6.07 Å². The number of halogens is 1. The Kier molecular flexibility index (Phi) is 4.07. The number of rotatable bonds is 2. The number of aryl methyl sites for hydroxylation is 1. The first kappa shape index (κ1) is 15.3. The fourth-order valence-corrected chi connectivity index (χ4v) is 4.06. The Hall–Kier alpha value is -2.20. The van der Waals surface area contributed by atoms with Gasteiger partial charge in [0.15, 0.2) is 0 Å². The molecule has 1 heterocycles. The summed E-state index contributed by atoms with van der Waals surface area (Å²) < 4.78 is 1.20. The first-order chi connectivity index (χ1) is 11.7. The molecule has 4 aromatic rings. The zero-order valence-electron chi connectivity index (χ0n) is 13.3. The first-order valence-electron chi connectivity index (χ1n) is 7.95. The summed E-state index contributed by atoms with van der Waals surface area (Å²) in [5, 5.41) is 1.21. The Morgan fingerprint density at radius 3 is 2.04 bits per heavy atom. The van der Waals surface area contributed by atoms with Crippen molar-refractivity contribution in [1.82, 2.24) is 4.98 Å². The van der Waals surface area contributed by atoms with Gasteiger partial charge in [0.2, 0.25) is 0 Å². The Labute approximate surface area is 155 Å². The van der Waals surface area contributed by atoms with Gasteiger partial charge in [-0.1, -0.05) is 72.3 Å². The summed E-state index contributed by atoms with van der Waals surface area (Å²) in [5.74, 6) is 0. The molecular formula is C22H16IN. The van der Waals surface area contributed by atoms with E-state index in [1.165, 1.54) is 25.6 Å². The van der Waals surface area contributed by atoms with E-state index in [9.17, 15) is 0 Å². The minimum Gasteiger partial charge on any atom is -0.247 e. The Balaban J connectivity index is 2.11. The van der Waals surface area contributed by atoms with Crippen LogP contribution in [0, 0.1) is 10.5 Å². The predicted molar refractivity (Wildman–Crippen MR) is 110 cm³/mol. The van der Waals surface area contributed by atoms with E-state index in [0.717, 1.165) is 16.8 Å². The van der Waals surface area contributed by atoms with Crippen LogP contribution in [0.1, 0.15) is 5.56 Å². The number of hydrogen-bond acceptors (Lipinski definition) is 1. The molecule has 0 bridgehead atoms. The molecule has 1 nitrogen and oxygen atoms in total. The van der Waals surface area contributed by atoms with Crippen molar-refractivity contribution < 1.29 is 0 Å². The molecule has 0 saturated heterocycles. The van der Waals surface area contributed by atoms with Crippen LogP contribution in [-0.4, -0.2) is 4.98 Å². The van der Waals surface area contributed by atoms with E-state index < -0.39 is 0 Å². The summed E-state index contributed by atoms with van der Waals surface area (Å²) in [6, 6.07) is 27.5. The molecule has 24 heavy (non-hydrogen) atoms. The van der Waals surface area contributed by atoms with Gasteiger partial charge in [-0.2, -0.15) is 0 Å². The standard InChI is InChI=1S/C22H16IN/c1-15-12-13-19-18(14-15)20(16-8-4-2-5-9-16)21(23)22(24-19)17-10-6-3-7-11-17/h2-14H,1H3. The predicted octanol–water partition coefficient (Wildman–Crippen LogP) is 6.48. The fourth-order valence-electron chi connectivity index (χ4n) is 3.03. The first-order valence-corrected chi connectivity index (χ1v) is 9.02. The van der Waals surface area contributed by atoms with E-state index in [0.29, 0.717) is 0 Å². The maximum Gasteiger partial charge on any atom is 0.0849 e. The van der Waals surface area contributed by atoms with Gasteiger partial charge in [-0.25, -0.2) is 4.98 Å². The van der Waals surface area contributed by atoms with Crippen molar-refractivity contribution in [2.45, 2.75) is 6.92 Å². The van der Waals surface area contributed by atoms with Gasteiger partial charge in [0.25, 0.3) is 0 Å². The number of fused-ring (bicyclic) bond motifs is 1. The van der Waals surface area contributed by atoms with Crippen molar-refractivity contribution in [2.24, 2.45) is 0 Å². The summed E-state index contributed by atoms with van der Waals surface area (Å²) in [7, 11) is 0. The topological polar surface area (TPSA) is 12.9 Å². The van der Waals surface area contributed by atoms with E-state index in [4.69, 9.17) is 4.98 Å². The summed E-state index contributed by atoms with van der Waals surface area (Å²) in [4.78, 5) is 4.96. The Morgan fingerprint density at radius 1 is 0.750 bits per heavy atom. The van der Waals surface area contributed by atoms with Crippen LogP contribution in [0.2, 0.25) is 0 Å². The van der Waals surface area contributed by atoms with Gasteiger partial charge in [0.1, 0.15) is 0 Å². The molecule has 2 heteroatoms. The fraction of sp³-hybridized carbons (Fsp3) is 0.0455. The van der Waals surface area contributed by atoms with Gasteiger partial charge in [-0.05, 0) is 47.2 Å². The molecule has 0 aliphatic heterocycles.